The van der Waals surface area contributed by atoms with Gasteiger partial charge in [0.05, 0.1) is 5.92 Å². The van der Waals surface area contributed by atoms with Crippen molar-refractivity contribution in [1.29, 1.82) is 0 Å². The molecule has 0 spiro atoms. The second kappa shape index (κ2) is 6.93. The summed E-state index contributed by atoms with van der Waals surface area (Å²) in [6, 6.07) is 7.54. The number of rotatable bonds is 5. The van der Waals surface area contributed by atoms with Crippen molar-refractivity contribution in [2.75, 3.05) is 5.75 Å². The number of benzene rings is 1. The van der Waals surface area contributed by atoms with Crippen molar-refractivity contribution in [2.24, 2.45) is 11.8 Å². The van der Waals surface area contributed by atoms with Gasteiger partial charge in [-0.15, -0.1) is 11.8 Å². The van der Waals surface area contributed by atoms with E-state index in [0.717, 1.165) is 23.5 Å². The molecule has 0 bridgehead atoms. The highest BCUT2D eigenvalue weighted by Crippen LogP contribution is 2.33. The van der Waals surface area contributed by atoms with Gasteiger partial charge < -0.3 is 5.11 Å². The van der Waals surface area contributed by atoms with Crippen LogP contribution in [0.3, 0.4) is 0 Å². The van der Waals surface area contributed by atoms with E-state index in [2.05, 4.69) is 6.92 Å². The number of Topliss-reactive ketones (excluding diaryl/α,β-unsaturated/α-hetero) is 1. The van der Waals surface area contributed by atoms with Gasteiger partial charge in [-0.1, -0.05) is 31.9 Å². The Morgan fingerprint density at radius 1 is 1.15 bits per heavy atom. The van der Waals surface area contributed by atoms with Crippen molar-refractivity contribution in [1.82, 2.24) is 0 Å². The summed E-state index contributed by atoms with van der Waals surface area (Å²) in [7, 11) is 0. The monoisotopic (exact) mass is 292 g/mol. The van der Waals surface area contributed by atoms with Crippen molar-refractivity contribution >= 4 is 23.5 Å². The molecule has 2 rings (SSSR count). The first-order valence-electron chi connectivity index (χ1n) is 7.13. The van der Waals surface area contributed by atoms with E-state index in [-0.39, 0.29) is 11.7 Å². The Morgan fingerprint density at radius 3 is 2.30 bits per heavy atom. The molecular formula is C16H20O3S. The minimum Gasteiger partial charge on any atom is -0.481 e. The van der Waals surface area contributed by atoms with E-state index >= 15 is 0 Å². The highest BCUT2D eigenvalue weighted by molar-refractivity contribution is 7.99. The number of carboxylic acids is 1. The molecule has 0 heterocycles. The first-order valence-corrected chi connectivity index (χ1v) is 8.12. The Morgan fingerprint density at radius 2 is 1.75 bits per heavy atom. The second-order valence-electron chi connectivity index (χ2n) is 5.16. The van der Waals surface area contributed by atoms with Crippen LogP contribution in [-0.4, -0.2) is 22.6 Å². The van der Waals surface area contributed by atoms with E-state index in [1.165, 1.54) is 0 Å². The molecule has 0 saturated heterocycles. The van der Waals surface area contributed by atoms with E-state index in [1.807, 2.05) is 24.3 Å². The Labute approximate surface area is 123 Å². The van der Waals surface area contributed by atoms with Crippen LogP contribution in [0.5, 0.6) is 0 Å². The van der Waals surface area contributed by atoms with Gasteiger partial charge in [0.2, 0.25) is 0 Å². The van der Waals surface area contributed by atoms with Crippen molar-refractivity contribution in [2.45, 2.75) is 37.5 Å². The van der Waals surface area contributed by atoms with E-state index in [9.17, 15) is 14.7 Å². The summed E-state index contributed by atoms with van der Waals surface area (Å²) in [6.07, 6.45) is 3.17. The topological polar surface area (TPSA) is 54.4 Å². The molecular weight excluding hydrogens is 272 g/mol. The number of aliphatic carboxylic acids is 1. The molecule has 1 aromatic rings. The minimum absolute atomic E-state index is 0.00912. The van der Waals surface area contributed by atoms with Crippen LogP contribution in [-0.2, 0) is 4.79 Å². The van der Waals surface area contributed by atoms with Gasteiger partial charge in [0.25, 0.3) is 0 Å². The Balaban J connectivity index is 2.14. The standard InChI is InChI=1S/C16H20O3S/c1-2-20-12-9-7-11(8-10-12)15(17)13-5-3-4-6-14(13)16(18)19/h7-10,13-14H,2-6H2,1H3,(H,18,19)/t13-,14+/m0/s1. The fourth-order valence-corrected chi connectivity index (χ4v) is 3.50. The van der Waals surface area contributed by atoms with Crippen molar-refractivity contribution < 1.29 is 14.7 Å². The van der Waals surface area contributed by atoms with Gasteiger partial charge in [-0.25, -0.2) is 0 Å². The molecule has 1 aliphatic rings. The summed E-state index contributed by atoms with van der Waals surface area (Å²) in [6.45, 7) is 2.09. The van der Waals surface area contributed by atoms with E-state index < -0.39 is 11.9 Å². The molecule has 20 heavy (non-hydrogen) atoms. The lowest BCUT2D eigenvalue weighted by molar-refractivity contribution is -0.144. The van der Waals surface area contributed by atoms with Crippen molar-refractivity contribution in [3.8, 4) is 0 Å². The predicted octanol–water partition coefficient (Wildman–Crippen LogP) is 3.87. The Kier molecular flexibility index (Phi) is 5.24. The zero-order valence-corrected chi connectivity index (χ0v) is 12.5. The fourth-order valence-electron chi connectivity index (χ4n) is 2.84. The summed E-state index contributed by atoms with van der Waals surface area (Å²) in [5.41, 5.74) is 0.642. The summed E-state index contributed by atoms with van der Waals surface area (Å²) in [4.78, 5) is 24.9. The Bertz CT molecular complexity index is 481. The van der Waals surface area contributed by atoms with Crippen molar-refractivity contribution in [3.05, 3.63) is 29.8 Å². The SMILES string of the molecule is CCSc1ccc(C(=O)[C@H]2CCCC[C@H]2C(=O)O)cc1. The van der Waals surface area contributed by atoms with Gasteiger partial charge in [0.1, 0.15) is 0 Å². The highest BCUT2D eigenvalue weighted by atomic mass is 32.2. The maximum absolute atomic E-state index is 12.5. The number of hydrogen-bond acceptors (Lipinski definition) is 3. The van der Waals surface area contributed by atoms with Crippen LogP contribution < -0.4 is 0 Å². The average molecular weight is 292 g/mol. The summed E-state index contributed by atoms with van der Waals surface area (Å²) in [5.74, 6) is -0.713. The fraction of sp³-hybridized carbons (Fsp3) is 0.500. The molecule has 1 saturated carbocycles. The van der Waals surface area contributed by atoms with Gasteiger partial charge in [0, 0.05) is 16.4 Å². The molecule has 3 nitrogen and oxygen atoms in total. The molecule has 1 fully saturated rings. The van der Waals surface area contributed by atoms with Crippen LogP contribution in [0, 0.1) is 11.8 Å². The molecule has 0 radical (unpaired) electrons. The van der Waals surface area contributed by atoms with Crippen LogP contribution >= 0.6 is 11.8 Å². The number of carbonyl (C=O) groups is 2. The number of carboxylic acid groups (broad SMARTS) is 1. The van der Waals surface area contributed by atoms with Gasteiger partial charge in [0.15, 0.2) is 5.78 Å². The molecule has 1 N–H and O–H groups in total. The van der Waals surface area contributed by atoms with E-state index in [0.29, 0.717) is 18.4 Å². The largest absolute Gasteiger partial charge is 0.481 e. The third-order valence-corrected chi connectivity index (χ3v) is 4.76. The minimum atomic E-state index is -0.832. The normalized spacial score (nSPS) is 22.4. The molecule has 108 valence electrons. The molecule has 4 heteroatoms. The molecule has 2 atom stereocenters. The smallest absolute Gasteiger partial charge is 0.307 e. The van der Waals surface area contributed by atoms with Gasteiger partial charge in [-0.05, 0) is 30.7 Å². The average Bonchev–Trinajstić information content (AvgIpc) is 2.47. The van der Waals surface area contributed by atoms with E-state index in [4.69, 9.17) is 0 Å². The van der Waals surface area contributed by atoms with Crippen molar-refractivity contribution in [3.63, 3.8) is 0 Å². The highest BCUT2D eigenvalue weighted by Gasteiger charge is 2.35. The quantitative estimate of drug-likeness (QED) is 0.661. The number of thioether (sulfide) groups is 1. The molecule has 0 unspecified atom stereocenters. The number of carbonyl (C=O) groups excluding carboxylic acids is 1. The number of hydrogen-bond donors (Lipinski definition) is 1. The predicted molar refractivity (Wildman–Crippen MR) is 80.3 cm³/mol. The Hall–Kier alpha value is -1.29. The van der Waals surface area contributed by atoms with Gasteiger partial charge in [-0.3, -0.25) is 9.59 Å². The first-order chi connectivity index (χ1) is 9.63. The molecule has 0 aliphatic heterocycles. The van der Waals surface area contributed by atoms with Gasteiger partial charge in [-0.2, -0.15) is 0 Å². The summed E-state index contributed by atoms with van der Waals surface area (Å²) >= 11 is 1.73. The molecule has 0 amide bonds. The summed E-state index contributed by atoms with van der Waals surface area (Å²) < 4.78 is 0. The molecule has 1 aromatic carbocycles. The second-order valence-corrected chi connectivity index (χ2v) is 6.49. The summed E-state index contributed by atoms with van der Waals surface area (Å²) in [5, 5.41) is 9.26. The third kappa shape index (κ3) is 3.42. The zero-order valence-electron chi connectivity index (χ0n) is 11.7. The van der Waals surface area contributed by atoms with Crippen LogP contribution in [0.1, 0.15) is 43.0 Å². The third-order valence-electron chi connectivity index (χ3n) is 3.87. The number of ketones is 1. The molecule has 0 aromatic heterocycles. The maximum atomic E-state index is 12.5. The lowest BCUT2D eigenvalue weighted by atomic mass is 9.75. The van der Waals surface area contributed by atoms with Crippen LogP contribution in [0.4, 0.5) is 0 Å². The van der Waals surface area contributed by atoms with Crippen LogP contribution in [0.2, 0.25) is 0 Å². The first kappa shape index (κ1) is 15.1. The van der Waals surface area contributed by atoms with Crippen LogP contribution in [0.15, 0.2) is 29.2 Å². The molecule has 1 aliphatic carbocycles. The van der Waals surface area contributed by atoms with Gasteiger partial charge >= 0.3 is 5.97 Å². The van der Waals surface area contributed by atoms with E-state index in [1.54, 1.807) is 11.8 Å². The lowest BCUT2D eigenvalue weighted by Gasteiger charge is -2.27. The zero-order chi connectivity index (χ0) is 14.5. The van der Waals surface area contributed by atoms with Crippen LogP contribution in [0.25, 0.3) is 0 Å². The maximum Gasteiger partial charge on any atom is 0.307 e. The lowest BCUT2D eigenvalue weighted by Crippen LogP contribution is -2.32.